The van der Waals surface area contributed by atoms with E-state index in [4.69, 9.17) is 0 Å². The summed E-state index contributed by atoms with van der Waals surface area (Å²) in [6, 6.07) is 0. The van der Waals surface area contributed by atoms with E-state index in [1.54, 1.807) is 0 Å². The number of unbranched alkanes of at least 4 members (excludes halogenated alkanes) is 10. The summed E-state index contributed by atoms with van der Waals surface area (Å²) in [4.78, 5) is 0. The van der Waals surface area contributed by atoms with Crippen molar-refractivity contribution in [2.75, 3.05) is 0 Å². The third-order valence-corrected chi connectivity index (χ3v) is 2.99. The Morgan fingerprint density at radius 3 is 1.88 bits per heavy atom. The highest BCUT2D eigenvalue weighted by molar-refractivity contribution is 4.98. The molecule has 0 bridgehead atoms. The first-order chi connectivity index (χ1) is 8.41. The Morgan fingerprint density at radius 1 is 0.765 bits per heavy atom. The zero-order chi connectivity index (χ0) is 12.6. The van der Waals surface area contributed by atoms with E-state index < -0.39 is 0 Å². The lowest BCUT2D eigenvalue weighted by Crippen LogP contribution is -1.79. The molecule has 0 nitrogen and oxygen atoms in total. The fourth-order valence-electron chi connectivity index (χ4n) is 1.85. The highest BCUT2D eigenvalue weighted by atomic mass is 13.9. The van der Waals surface area contributed by atoms with Gasteiger partial charge in [-0.2, -0.15) is 0 Å². The number of hydrogen-bond donors (Lipinski definition) is 0. The van der Waals surface area contributed by atoms with Gasteiger partial charge in [0.15, 0.2) is 0 Å². The van der Waals surface area contributed by atoms with Crippen LogP contribution in [0.2, 0.25) is 0 Å². The number of rotatable bonds is 11. The monoisotopic (exact) mass is 234 g/mol. The largest absolute Gasteiger partial charge is 0.103 e. The third-order valence-electron chi connectivity index (χ3n) is 2.99. The predicted molar refractivity (Wildman–Crippen MR) is 79.1 cm³/mol. The molecule has 0 aromatic rings. The highest BCUT2D eigenvalue weighted by Gasteiger charge is 1.89. The van der Waals surface area contributed by atoms with E-state index in [-0.39, 0.29) is 0 Å². The molecule has 0 aliphatic heterocycles. The van der Waals surface area contributed by atoms with Crippen LogP contribution in [0.1, 0.15) is 84.0 Å². The molecular formula is C17H30. The van der Waals surface area contributed by atoms with E-state index >= 15 is 0 Å². The van der Waals surface area contributed by atoms with Crippen molar-refractivity contribution in [1.29, 1.82) is 0 Å². The maximum atomic E-state index is 3.72. The van der Waals surface area contributed by atoms with Crippen LogP contribution >= 0.6 is 0 Å². The van der Waals surface area contributed by atoms with Gasteiger partial charge in [0, 0.05) is 12.8 Å². The Balaban J connectivity index is 3.06. The average Bonchev–Trinajstić information content (AvgIpc) is 2.35. The van der Waals surface area contributed by atoms with Gasteiger partial charge in [-0.3, -0.25) is 0 Å². The molecule has 0 aliphatic rings. The topological polar surface area (TPSA) is 0 Å². The summed E-state index contributed by atoms with van der Waals surface area (Å²) in [7, 11) is 0. The van der Waals surface area contributed by atoms with Crippen LogP contribution in [0.5, 0.6) is 0 Å². The molecule has 17 heavy (non-hydrogen) atoms. The fraction of sp³-hybridized carbons (Fsp3) is 0.765. The lowest BCUT2D eigenvalue weighted by atomic mass is 10.1. The van der Waals surface area contributed by atoms with Gasteiger partial charge in [-0.1, -0.05) is 51.5 Å². The minimum atomic E-state index is 1.07. The number of allylic oxidation sites excluding steroid dienone is 1. The molecular weight excluding hydrogens is 204 g/mol. The Hall–Kier alpha value is -0.700. The molecule has 0 heterocycles. The third kappa shape index (κ3) is 15.3. The summed E-state index contributed by atoms with van der Waals surface area (Å²) >= 11 is 0. The minimum Gasteiger partial charge on any atom is -0.103 e. The van der Waals surface area contributed by atoms with E-state index in [1.807, 2.05) is 6.08 Å². The summed E-state index contributed by atoms with van der Waals surface area (Å²) in [5, 5.41) is 0. The highest BCUT2D eigenvalue weighted by Crippen LogP contribution is 2.07. The van der Waals surface area contributed by atoms with Crippen molar-refractivity contribution < 1.29 is 0 Å². The van der Waals surface area contributed by atoms with Gasteiger partial charge in [0.1, 0.15) is 0 Å². The van der Waals surface area contributed by atoms with Gasteiger partial charge >= 0.3 is 0 Å². The van der Waals surface area contributed by atoms with Gasteiger partial charge in [-0.25, -0.2) is 0 Å². The van der Waals surface area contributed by atoms with E-state index in [2.05, 4.69) is 25.3 Å². The van der Waals surface area contributed by atoms with Crippen molar-refractivity contribution in [1.82, 2.24) is 0 Å². The van der Waals surface area contributed by atoms with E-state index in [1.165, 1.54) is 57.8 Å². The van der Waals surface area contributed by atoms with Crippen LogP contribution in [0.4, 0.5) is 0 Å². The Bertz CT molecular complexity index is 204. The van der Waals surface area contributed by atoms with Gasteiger partial charge in [0.25, 0.3) is 0 Å². The average molecular weight is 234 g/mol. The Labute approximate surface area is 109 Å². The summed E-state index contributed by atoms with van der Waals surface area (Å²) in [6.45, 7) is 5.99. The van der Waals surface area contributed by atoms with Crippen LogP contribution < -0.4 is 0 Å². The molecule has 0 saturated carbocycles. The lowest BCUT2D eigenvalue weighted by Gasteiger charge is -1.97. The molecule has 0 atom stereocenters. The van der Waals surface area contributed by atoms with Crippen LogP contribution in [0.3, 0.4) is 0 Å². The maximum absolute atomic E-state index is 3.72. The summed E-state index contributed by atoms with van der Waals surface area (Å²) < 4.78 is 0. The maximum Gasteiger partial charge on any atom is 0.00887 e. The molecule has 0 N–H and O–H groups in total. The molecule has 0 heteroatoms. The van der Waals surface area contributed by atoms with Gasteiger partial charge in [0.05, 0.1) is 0 Å². The first kappa shape index (κ1) is 16.3. The van der Waals surface area contributed by atoms with Crippen LogP contribution in [0.25, 0.3) is 0 Å². The molecule has 0 fully saturated rings. The molecule has 0 saturated heterocycles. The Kier molecular flexibility index (Phi) is 14.7. The van der Waals surface area contributed by atoms with Gasteiger partial charge in [-0.05, 0) is 25.7 Å². The quantitative estimate of drug-likeness (QED) is 0.238. The van der Waals surface area contributed by atoms with E-state index in [9.17, 15) is 0 Å². The molecule has 0 unspecified atom stereocenters. The van der Waals surface area contributed by atoms with Gasteiger partial charge in [0.2, 0.25) is 0 Å². The SMILES string of the molecule is C=CCCCCC#CCCCCCCCCC. The molecule has 0 aromatic heterocycles. The Morgan fingerprint density at radius 2 is 1.29 bits per heavy atom. The molecule has 98 valence electrons. The first-order valence-corrected chi connectivity index (χ1v) is 7.48. The van der Waals surface area contributed by atoms with Crippen LogP contribution in [0, 0.1) is 11.8 Å². The smallest absolute Gasteiger partial charge is 0.00887 e. The first-order valence-electron chi connectivity index (χ1n) is 7.48. The second-order valence-electron chi connectivity index (χ2n) is 4.76. The second-order valence-corrected chi connectivity index (χ2v) is 4.76. The summed E-state index contributed by atoms with van der Waals surface area (Å²) in [6.07, 6.45) is 17.5. The van der Waals surface area contributed by atoms with Crippen molar-refractivity contribution in [2.24, 2.45) is 0 Å². The molecule has 0 radical (unpaired) electrons. The molecule has 0 aromatic carbocycles. The van der Waals surface area contributed by atoms with Crippen LogP contribution in [-0.2, 0) is 0 Å². The van der Waals surface area contributed by atoms with E-state index in [0.29, 0.717) is 0 Å². The van der Waals surface area contributed by atoms with Crippen molar-refractivity contribution in [3.05, 3.63) is 12.7 Å². The van der Waals surface area contributed by atoms with Crippen molar-refractivity contribution >= 4 is 0 Å². The summed E-state index contributed by atoms with van der Waals surface area (Å²) in [5.41, 5.74) is 0. The summed E-state index contributed by atoms with van der Waals surface area (Å²) in [5.74, 6) is 6.56. The zero-order valence-electron chi connectivity index (χ0n) is 11.8. The lowest BCUT2D eigenvalue weighted by molar-refractivity contribution is 0.594. The van der Waals surface area contributed by atoms with E-state index in [0.717, 1.165) is 19.3 Å². The molecule has 0 aliphatic carbocycles. The van der Waals surface area contributed by atoms with Crippen molar-refractivity contribution in [2.45, 2.75) is 84.0 Å². The van der Waals surface area contributed by atoms with Crippen LogP contribution in [0.15, 0.2) is 12.7 Å². The van der Waals surface area contributed by atoms with Crippen molar-refractivity contribution in [3.8, 4) is 11.8 Å². The molecule has 0 spiro atoms. The standard InChI is InChI=1S/C17H30/c1-3-5-7-9-11-13-15-17-16-14-12-10-8-6-4-2/h3H,1,4-12,14,16-17H2,2H3. The minimum absolute atomic E-state index is 1.07. The van der Waals surface area contributed by atoms with Gasteiger partial charge < -0.3 is 0 Å². The number of hydrogen-bond acceptors (Lipinski definition) is 0. The zero-order valence-corrected chi connectivity index (χ0v) is 11.8. The predicted octanol–water partition coefficient (Wildman–Crippen LogP) is 5.88. The molecule has 0 rings (SSSR count). The normalized spacial score (nSPS) is 9.71. The fourth-order valence-corrected chi connectivity index (χ4v) is 1.85. The van der Waals surface area contributed by atoms with Crippen molar-refractivity contribution in [3.63, 3.8) is 0 Å². The second kappa shape index (κ2) is 15.3. The van der Waals surface area contributed by atoms with Gasteiger partial charge in [-0.15, -0.1) is 18.4 Å². The molecule has 0 amide bonds. The van der Waals surface area contributed by atoms with Crippen LogP contribution in [-0.4, -0.2) is 0 Å².